The molecule has 0 aromatic carbocycles. The minimum Gasteiger partial charge on any atom is -0.475 e. The highest BCUT2D eigenvalue weighted by Gasteiger charge is 2.26. The van der Waals surface area contributed by atoms with Crippen molar-refractivity contribution in [3.63, 3.8) is 0 Å². The third-order valence-electron chi connectivity index (χ3n) is 3.33. The largest absolute Gasteiger partial charge is 0.475 e. The van der Waals surface area contributed by atoms with Crippen molar-refractivity contribution in [2.45, 2.75) is 51.7 Å². The lowest BCUT2D eigenvalue weighted by atomic mass is 9.91. The second-order valence-corrected chi connectivity index (χ2v) is 5.58. The molecule has 1 aromatic rings. The second kappa shape index (κ2) is 6.94. The first-order valence-electron chi connectivity index (χ1n) is 7.02. The molecule has 106 valence electrons. The van der Waals surface area contributed by atoms with Gasteiger partial charge >= 0.3 is 0 Å². The van der Waals surface area contributed by atoms with Crippen molar-refractivity contribution in [2.75, 3.05) is 17.3 Å². The molecular weight excluding hydrogens is 262 g/mol. The summed E-state index contributed by atoms with van der Waals surface area (Å²) in [7, 11) is 0. The Labute approximate surface area is 120 Å². The van der Waals surface area contributed by atoms with E-state index in [4.69, 9.17) is 16.3 Å². The van der Waals surface area contributed by atoms with Crippen LogP contribution in [-0.2, 0) is 0 Å². The third kappa shape index (κ3) is 3.96. The molecule has 2 rings (SSSR count). The van der Waals surface area contributed by atoms with E-state index in [1.54, 1.807) is 6.33 Å². The molecule has 0 unspecified atom stereocenters. The molecule has 0 spiro atoms. The summed E-state index contributed by atoms with van der Waals surface area (Å²) >= 11 is 5.81. The Morgan fingerprint density at radius 2 is 2.21 bits per heavy atom. The fraction of sp³-hybridized carbons (Fsp3) is 0.714. The van der Waals surface area contributed by atoms with Gasteiger partial charge in [-0.25, -0.2) is 9.97 Å². The number of halogens is 1. The Bertz CT molecular complexity index is 396. The van der Waals surface area contributed by atoms with Crippen LogP contribution >= 0.6 is 11.6 Å². The zero-order valence-electron chi connectivity index (χ0n) is 11.7. The average molecular weight is 284 g/mol. The number of nitrogens with zero attached hydrogens (tertiary/aromatic N) is 3. The Balaban J connectivity index is 2.10. The summed E-state index contributed by atoms with van der Waals surface area (Å²) in [6.45, 7) is 4.95. The molecule has 1 aliphatic rings. The maximum Gasteiger partial charge on any atom is 0.218 e. The summed E-state index contributed by atoms with van der Waals surface area (Å²) in [4.78, 5) is 10.9. The Hall–Kier alpha value is -1.03. The topological polar surface area (TPSA) is 38.2 Å². The van der Waals surface area contributed by atoms with Crippen molar-refractivity contribution in [3.8, 4) is 5.88 Å². The molecule has 1 aromatic heterocycles. The summed E-state index contributed by atoms with van der Waals surface area (Å²) < 4.78 is 5.64. The molecule has 0 amide bonds. The van der Waals surface area contributed by atoms with Gasteiger partial charge in [-0.15, -0.1) is 11.6 Å². The van der Waals surface area contributed by atoms with Crippen LogP contribution in [0.15, 0.2) is 12.4 Å². The monoisotopic (exact) mass is 283 g/mol. The number of aromatic nitrogens is 2. The summed E-state index contributed by atoms with van der Waals surface area (Å²) in [5, 5.41) is 0. The van der Waals surface area contributed by atoms with Crippen molar-refractivity contribution >= 4 is 17.4 Å². The molecule has 1 heterocycles. The molecule has 1 saturated carbocycles. The number of alkyl halides is 1. The third-order valence-corrected chi connectivity index (χ3v) is 3.59. The molecule has 0 saturated heterocycles. The van der Waals surface area contributed by atoms with E-state index in [1.807, 2.05) is 19.9 Å². The summed E-state index contributed by atoms with van der Waals surface area (Å²) in [5.74, 6) is 2.29. The van der Waals surface area contributed by atoms with Crippen LogP contribution in [0.5, 0.6) is 5.88 Å². The molecule has 1 fully saturated rings. The number of ether oxygens (including phenoxy) is 1. The summed E-state index contributed by atoms with van der Waals surface area (Å²) in [6.07, 6.45) is 6.48. The van der Waals surface area contributed by atoms with Crippen molar-refractivity contribution in [1.82, 2.24) is 9.97 Å². The van der Waals surface area contributed by atoms with E-state index in [0.717, 1.165) is 18.8 Å². The first-order valence-corrected chi connectivity index (χ1v) is 7.55. The van der Waals surface area contributed by atoms with E-state index < -0.39 is 0 Å². The fourth-order valence-electron chi connectivity index (χ4n) is 2.21. The van der Waals surface area contributed by atoms with Gasteiger partial charge in [-0.05, 0) is 39.5 Å². The van der Waals surface area contributed by atoms with Gasteiger partial charge in [-0.1, -0.05) is 0 Å². The van der Waals surface area contributed by atoms with Gasteiger partial charge in [-0.3, -0.25) is 0 Å². The van der Waals surface area contributed by atoms with Crippen LogP contribution in [0.4, 0.5) is 5.82 Å². The lowest BCUT2D eigenvalue weighted by Gasteiger charge is -2.38. The highest BCUT2D eigenvalue weighted by atomic mass is 35.5. The van der Waals surface area contributed by atoms with Gasteiger partial charge in [0.25, 0.3) is 0 Å². The Kier molecular flexibility index (Phi) is 5.25. The zero-order valence-corrected chi connectivity index (χ0v) is 12.4. The van der Waals surface area contributed by atoms with Gasteiger partial charge < -0.3 is 9.64 Å². The number of anilines is 1. The van der Waals surface area contributed by atoms with E-state index >= 15 is 0 Å². The van der Waals surface area contributed by atoms with Crippen LogP contribution in [0.3, 0.4) is 0 Å². The molecule has 1 aliphatic carbocycles. The predicted molar refractivity (Wildman–Crippen MR) is 78.1 cm³/mol. The average Bonchev–Trinajstić information content (AvgIpc) is 2.31. The SMILES string of the molecule is CC(C)Oc1cc(N(CCCCl)C2CCC2)ncn1. The number of hydrogen-bond acceptors (Lipinski definition) is 4. The van der Waals surface area contributed by atoms with Gasteiger partial charge in [0, 0.05) is 24.5 Å². The van der Waals surface area contributed by atoms with Crippen molar-refractivity contribution in [3.05, 3.63) is 12.4 Å². The molecule has 0 atom stereocenters. The molecule has 19 heavy (non-hydrogen) atoms. The summed E-state index contributed by atoms with van der Waals surface area (Å²) in [5.41, 5.74) is 0. The van der Waals surface area contributed by atoms with Crippen LogP contribution in [-0.4, -0.2) is 34.5 Å². The lowest BCUT2D eigenvalue weighted by molar-refractivity contribution is 0.232. The fourth-order valence-corrected chi connectivity index (χ4v) is 2.33. The smallest absolute Gasteiger partial charge is 0.218 e. The van der Waals surface area contributed by atoms with Crippen LogP contribution in [0.1, 0.15) is 39.5 Å². The van der Waals surface area contributed by atoms with Gasteiger partial charge in [0.15, 0.2) is 0 Å². The molecule has 0 radical (unpaired) electrons. The zero-order chi connectivity index (χ0) is 13.7. The highest BCUT2D eigenvalue weighted by Crippen LogP contribution is 2.29. The van der Waals surface area contributed by atoms with E-state index in [2.05, 4.69) is 14.9 Å². The standard InChI is InChI=1S/C14H22ClN3O/c1-11(2)19-14-9-13(16-10-17-14)18(8-4-7-15)12-5-3-6-12/h9-12H,3-8H2,1-2H3. The van der Waals surface area contributed by atoms with Crippen molar-refractivity contribution in [1.29, 1.82) is 0 Å². The molecular formula is C14H22ClN3O. The van der Waals surface area contributed by atoms with Gasteiger partial charge in [0.2, 0.25) is 5.88 Å². The molecule has 0 N–H and O–H groups in total. The normalized spacial score (nSPS) is 15.4. The molecule has 0 bridgehead atoms. The maximum atomic E-state index is 5.81. The predicted octanol–water partition coefficient (Wildman–Crippen LogP) is 3.25. The molecule has 0 aliphatic heterocycles. The van der Waals surface area contributed by atoms with Gasteiger partial charge in [0.1, 0.15) is 12.1 Å². The Morgan fingerprint density at radius 1 is 1.42 bits per heavy atom. The van der Waals surface area contributed by atoms with Crippen LogP contribution in [0.25, 0.3) is 0 Å². The number of rotatable bonds is 7. The second-order valence-electron chi connectivity index (χ2n) is 5.20. The van der Waals surface area contributed by atoms with E-state index in [9.17, 15) is 0 Å². The van der Waals surface area contributed by atoms with Crippen LogP contribution < -0.4 is 9.64 Å². The van der Waals surface area contributed by atoms with Crippen molar-refractivity contribution < 1.29 is 4.74 Å². The van der Waals surface area contributed by atoms with E-state index in [0.29, 0.717) is 17.8 Å². The van der Waals surface area contributed by atoms with Gasteiger partial charge in [-0.2, -0.15) is 0 Å². The lowest BCUT2D eigenvalue weighted by Crippen LogP contribution is -2.41. The first kappa shape index (κ1) is 14.4. The van der Waals surface area contributed by atoms with Crippen LogP contribution in [0, 0.1) is 0 Å². The van der Waals surface area contributed by atoms with E-state index in [-0.39, 0.29) is 6.10 Å². The summed E-state index contributed by atoms with van der Waals surface area (Å²) in [6, 6.07) is 2.54. The first-order chi connectivity index (χ1) is 9.20. The van der Waals surface area contributed by atoms with E-state index in [1.165, 1.54) is 19.3 Å². The maximum absolute atomic E-state index is 5.81. The Morgan fingerprint density at radius 3 is 2.79 bits per heavy atom. The highest BCUT2D eigenvalue weighted by molar-refractivity contribution is 6.17. The molecule has 4 nitrogen and oxygen atoms in total. The van der Waals surface area contributed by atoms with Crippen molar-refractivity contribution in [2.24, 2.45) is 0 Å². The molecule has 5 heteroatoms. The minimum atomic E-state index is 0.128. The number of hydrogen-bond donors (Lipinski definition) is 0. The van der Waals surface area contributed by atoms with Crippen LogP contribution in [0.2, 0.25) is 0 Å². The quantitative estimate of drug-likeness (QED) is 0.720. The van der Waals surface area contributed by atoms with Gasteiger partial charge in [0.05, 0.1) is 6.10 Å². The minimum absolute atomic E-state index is 0.128.